The zero-order valence-electron chi connectivity index (χ0n) is 9.02. The van der Waals surface area contributed by atoms with E-state index < -0.39 is 7.12 Å². The second-order valence-corrected chi connectivity index (χ2v) is 3.59. The molecule has 0 saturated heterocycles. The van der Waals surface area contributed by atoms with E-state index in [-0.39, 0.29) is 12.1 Å². The Bertz CT molecular complexity index is 568. The van der Waals surface area contributed by atoms with Crippen molar-refractivity contribution in [2.45, 2.75) is 6.54 Å². The van der Waals surface area contributed by atoms with E-state index in [0.717, 1.165) is 0 Å². The van der Waals surface area contributed by atoms with Crippen molar-refractivity contribution in [3.8, 4) is 0 Å². The molecule has 0 aliphatic rings. The van der Waals surface area contributed by atoms with Gasteiger partial charge < -0.3 is 10.0 Å². The molecule has 86 valence electrons. The minimum Gasteiger partial charge on any atom is -0.423 e. The summed E-state index contributed by atoms with van der Waals surface area (Å²) in [6.45, 7) is 0.216. The standard InChI is InChI=1S/C11H11BN2O3/c15-11-6-3-7-13-14(11)8-9-4-1-2-5-10(9)12(16)17/h1-7,16-17H,8H2. The molecule has 0 spiro atoms. The molecule has 6 heteroatoms. The lowest BCUT2D eigenvalue weighted by atomic mass is 9.77. The summed E-state index contributed by atoms with van der Waals surface area (Å²) < 4.78 is 1.27. The molecule has 1 aromatic heterocycles. The van der Waals surface area contributed by atoms with Crippen molar-refractivity contribution in [2.24, 2.45) is 0 Å². The van der Waals surface area contributed by atoms with Crippen molar-refractivity contribution in [2.75, 3.05) is 0 Å². The van der Waals surface area contributed by atoms with Gasteiger partial charge in [-0.15, -0.1) is 0 Å². The summed E-state index contributed by atoms with van der Waals surface area (Å²) in [7, 11) is -1.55. The topological polar surface area (TPSA) is 75.4 Å². The fourth-order valence-electron chi connectivity index (χ4n) is 1.60. The lowest BCUT2D eigenvalue weighted by Crippen LogP contribution is -2.35. The van der Waals surface area contributed by atoms with Gasteiger partial charge in [-0.05, 0) is 17.1 Å². The number of rotatable bonds is 3. The first-order valence-corrected chi connectivity index (χ1v) is 5.14. The number of hydrogen-bond acceptors (Lipinski definition) is 4. The zero-order valence-corrected chi connectivity index (χ0v) is 9.02. The first kappa shape index (κ1) is 11.6. The van der Waals surface area contributed by atoms with Crippen molar-refractivity contribution in [1.29, 1.82) is 0 Å². The molecule has 0 saturated carbocycles. The van der Waals surface area contributed by atoms with Gasteiger partial charge in [0.25, 0.3) is 5.56 Å². The summed E-state index contributed by atoms with van der Waals surface area (Å²) in [5.41, 5.74) is 0.808. The Labute approximate surface area is 98.1 Å². The van der Waals surface area contributed by atoms with Crippen molar-refractivity contribution in [1.82, 2.24) is 9.78 Å². The van der Waals surface area contributed by atoms with Gasteiger partial charge in [0.05, 0.1) is 6.54 Å². The quantitative estimate of drug-likeness (QED) is 0.661. The van der Waals surface area contributed by atoms with E-state index in [2.05, 4.69) is 5.10 Å². The highest BCUT2D eigenvalue weighted by atomic mass is 16.4. The summed E-state index contributed by atoms with van der Waals surface area (Å²) >= 11 is 0. The third-order valence-corrected chi connectivity index (χ3v) is 2.44. The van der Waals surface area contributed by atoms with Gasteiger partial charge in [-0.2, -0.15) is 5.10 Å². The van der Waals surface area contributed by atoms with Crippen LogP contribution < -0.4 is 11.0 Å². The monoisotopic (exact) mass is 230 g/mol. The van der Waals surface area contributed by atoms with Crippen LogP contribution in [-0.4, -0.2) is 26.9 Å². The largest absolute Gasteiger partial charge is 0.488 e. The van der Waals surface area contributed by atoms with Gasteiger partial charge in [-0.25, -0.2) is 4.68 Å². The molecule has 0 aliphatic heterocycles. The highest BCUT2D eigenvalue weighted by Gasteiger charge is 2.15. The van der Waals surface area contributed by atoms with Crippen molar-refractivity contribution >= 4 is 12.6 Å². The van der Waals surface area contributed by atoms with Gasteiger partial charge in [-0.3, -0.25) is 4.79 Å². The van der Waals surface area contributed by atoms with Crippen LogP contribution in [0, 0.1) is 0 Å². The second-order valence-electron chi connectivity index (χ2n) is 3.59. The molecular formula is C11H11BN2O3. The average Bonchev–Trinajstić information content (AvgIpc) is 2.32. The van der Waals surface area contributed by atoms with E-state index in [0.29, 0.717) is 11.0 Å². The Morgan fingerprint density at radius 2 is 1.94 bits per heavy atom. The van der Waals surface area contributed by atoms with E-state index in [9.17, 15) is 14.8 Å². The maximum Gasteiger partial charge on any atom is 0.488 e. The Kier molecular flexibility index (Phi) is 3.36. The van der Waals surface area contributed by atoms with Crippen molar-refractivity contribution in [3.63, 3.8) is 0 Å². The van der Waals surface area contributed by atoms with Crippen LogP contribution in [0.5, 0.6) is 0 Å². The lowest BCUT2D eigenvalue weighted by molar-refractivity contribution is 0.425. The van der Waals surface area contributed by atoms with Crippen LogP contribution in [0.2, 0.25) is 0 Å². The molecule has 0 radical (unpaired) electrons. The van der Waals surface area contributed by atoms with Gasteiger partial charge in [0.1, 0.15) is 0 Å². The number of nitrogens with zero attached hydrogens (tertiary/aromatic N) is 2. The molecule has 2 rings (SSSR count). The van der Waals surface area contributed by atoms with Crippen LogP contribution in [0.25, 0.3) is 0 Å². The Morgan fingerprint density at radius 3 is 2.65 bits per heavy atom. The smallest absolute Gasteiger partial charge is 0.423 e. The molecule has 0 fully saturated rings. The van der Waals surface area contributed by atoms with Gasteiger partial charge in [-0.1, -0.05) is 24.3 Å². The normalized spacial score (nSPS) is 10.2. The van der Waals surface area contributed by atoms with Crippen LogP contribution in [0.3, 0.4) is 0 Å². The van der Waals surface area contributed by atoms with E-state index in [4.69, 9.17) is 0 Å². The van der Waals surface area contributed by atoms with E-state index in [1.807, 2.05) is 0 Å². The van der Waals surface area contributed by atoms with Gasteiger partial charge in [0, 0.05) is 12.3 Å². The molecule has 1 aromatic carbocycles. The molecular weight excluding hydrogens is 219 g/mol. The minimum atomic E-state index is -1.55. The molecule has 2 aromatic rings. The molecule has 0 amide bonds. The van der Waals surface area contributed by atoms with Crippen molar-refractivity contribution in [3.05, 3.63) is 58.5 Å². The van der Waals surface area contributed by atoms with Crippen LogP contribution in [-0.2, 0) is 6.54 Å². The van der Waals surface area contributed by atoms with E-state index in [1.165, 1.54) is 16.9 Å². The molecule has 0 bridgehead atoms. The maximum absolute atomic E-state index is 11.5. The zero-order chi connectivity index (χ0) is 12.3. The number of aromatic nitrogens is 2. The Hall–Kier alpha value is -1.92. The van der Waals surface area contributed by atoms with Crippen LogP contribution >= 0.6 is 0 Å². The molecule has 0 atom stereocenters. The summed E-state index contributed by atoms with van der Waals surface area (Å²) in [6, 6.07) is 9.79. The fourth-order valence-corrected chi connectivity index (χ4v) is 1.60. The lowest BCUT2D eigenvalue weighted by Gasteiger charge is -2.09. The molecule has 0 aliphatic carbocycles. The predicted octanol–water partition coefficient (Wildman–Crippen LogP) is -1.03. The first-order valence-electron chi connectivity index (χ1n) is 5.14. The van der Waals surface area contributed by atoms with Gasteiger partial charge in [0.2, 0.25) is 0 Å². The summed E-state index contributed by atoms with van der Waals surface area (Å²) in [5, 5.41) is 22.3. The summed E-state index contributed by atoms with van der Waals surface area (Å²) in [5.74, 6) is 0. The SMILES string of the molecule is O=c1cccnn1Cc1ccccc1B(O)O. The maximum atomic E-state index is 11.5. The highest BCUT2D eigenvalue weighted by molar-refractivity contribution is 6.59. The van der Waals surface area contributed by atoms with E-state index in [1.54, 1.807) is 30.3 Å². The number of benzene rings is 1. The van der Waals surface area contributed by atoms with E-state index >= 15 is 0 Å². The van der Waals surface area contributed by atoms with Gasteiger partial charge in [0.15, 0.2) is 0 Å². The third-order valence-electron chi connectivity index (χ3n) is 2.44. The van der Waals surface area contributed by atoms with Crippen LogP contribution in [0.1, 0.15) is 5.56 Å². The molecule has 2 N–H and O–H groups in total. The highest BCUT2D eigenvalue weighted by Crippen LogP contribution is 1.98. The molecule has 17 heavy (non-hydrogen) atoms. The van der Waals surface area contributed by atoms with Crippen LogP contribution in [0.4, 0.5) is 0 Å². The summed E-state index contributed by atoms with van der Waals surface area (Å²) in [6.07, 6.45) is 1.51. The Balaban J connectivity index is 2.37. The molecule has 0 unspecified atom stereocenters. The van der Waals surface area contributed by atoms with Gasteiger partial charge >= 0.3 is 7.12 Å². The fraction of sp³-hybridized carbons (Fsp3) is 0.0909. The minimum absolute atomic E-state index is 0.216. The average molecular weight is 230 g/mol. The van der Waals surface area contributed by atoms with Crippen LogP contribution in [0.15, 0.2) is 47.4 Å². The van der Waals surface area contributed by atoms with Crippen molar-refractivity contribution < 1.29 is 10.0 Å². The molecule has 1 heterocycles. The predicted molar refractivity (Wildman–Crippen MR) is 63.9 cm³/mol. The third kappa shape index (κ3) is 2.61. The first-order chi connectivity index (χ1) is 8.18. The summed E-state index contributed by atoms with van der Waals surface area (Å²) in [4.78, 5) is 11.5. The molecule has 5 nitrogen and oxygen atoms in total. The number of hydrogen-bond donors (Lipinski definition) is 2. The Morgan fingerprint density at radius 1 is 1.18 bits per heavy atom. The second kappa shape index (κ2) is 4.94.